The second-order valence-corrected chi connectivity index (χ2v) is 4.26. The molecule has 0 atom stereocenters. The predicted octanol–water partition coefficient (Wildman–Crippen LogP) is 2.51. The van der Waals surface area contributed by atoms with E-state index in [0.29, 0.717) is 11.3 Å². The maximum atomic E-state index is 12.0. The number of likely N-dealkylation sites (N-methyl/N-ethyl adjacent to an activating group) is 1. The first-order valence-electron chi connectivity index (χ1n) is 5.71. The number of fused-ring (bicyclic) bond motifs is 1. The molecule has 3 heteroatoms. The highest BCUT2D eigenvalue weighted by Crippen LogP contribution is 2.35. The fraction of sp³-hybridized carbons (Fsp3) is 0.0667. The van der Waals surface area contributed by atoms with Crippen molar-refractivity contribution in [3.8, 4) is 11.1 Å². The molecule has 18 heavy (non-hydrogen) atoms. The molecule has 1 aliphatic rings. The highest BCUT2D eigenvalue weighted by molar-refractivity contribution is 6.53. The molecule has 2 aromatic carbocycles. The number of Topliss-reactive ketones (excluding diaryl/α,β-unsaturated/α-hetero) is 1. The number of benzene rings is 2. The fourth-order valence-electron chi connectivity index (χ4n) is 2.29. The van der Waals surface area contributed by atoms with Crippen LogP contribution in [0.5, 0.6) is 0 Å². The summed E-state index contributed by atoms with van der Waals surface area (Å²) < 4.78 is 0. The SMILES string of the molecule is CN1C(=O)C(=O)c2c(-c3ccccc3)cccc21. The molecule has 0 aliphatic carbocycles. The third kappa shape index (κ3) is 1.37. The van der Waals surface area contributed by atoms with E-state index in [1.165, 1.54) is 4.90 Å². The number of anilines is 1. The van der Waals surface area contributed by atoms with E-state index in [4.69, 9.17) is 0 Å². The Hall–Kier alpha value is -2.42. The number of nitrogens with zero attached hydrogens (tertiary/aromatic N) is 1. The van der Waals surface area contributed by atoms with Crippen molar-refractivity contribution in [2.24, 2.45) is 0 Å². The number of ketones is 1. The lowest BCUT2D eigenvalue weighted by Gasteiger charge is -2.10. The van der Waals surface area contributed by atoms with E-state index in [1.807, 2.05) is 42.5 Å². The summed E-state index contributed by atoms with van der Waals surface area (Å²) in [5.74, 6) is -0.889. The van der Waals surface area contributed by atoms with Gasteiger partial charge in [0.25, 0.3) is 11.7 Å². The third-order valence-electron chi connectivity index (χ3n) is 3.21. The van der Waals surface area contributed by atoms with Crippen LogP contribution in [0.3, 0.4) is 0 Å². The molecule has 0 saturated heterocycles. The van der Waals surface area contributed by atoms with Crippen LogP contribution in [0.2, 0.25) is 0 Å². The summed E-state index contributed by atoms with van der Waals surface area (Å²) in [4.78, 5) is 25.1. The van der Waals surface area contributed by atoms with Crippen molar-refractivity contribution in [1.82, 2.24) is 0 Å². The van der Waals surface area contributed by atoms with Gasteiger partial charge in [-0.25, -0.2) is 0 Å². The Labute approximate surface area is 105 Å². The number of hydrogen-bond acceptors (Lipinski definition) is 2. The van der Waals surface area contributed by atoms with Gasteiger partial charge in [-0.15, -0.1) is 0 Å². The van der Waals surface area contributed by atoms with Crippen molar-refractivity contribution in [2.45, 2.75) is 0 Å². The molecule has 3 nitrogen and oxygen atoms in total. The average molecular weight is 237 g/mol. The van der Waals surface area contributed by atoms with Crippen LogP contribution in [-0.4, -0.2) is 18.7 Å². The van der Waals surface area contributed by atoms with E-state index < -0.39 is 11.7 Å². The first-order valence-corrected chi connectivity index (χ1v) is 5.71. The molecule has 0 aromatic heterocycles. The molecule has 0 radical (unpaired) electrons. The zero-order chi connectivity index (χ0) is 12.7. The largest absolute Gasteiger partial charge is 0.308 e. The van der Waals surface area contributed by atoms with E-state index >= 15 is 0 Å². The van der Waals surface area contributed by atoms with Gasteiger partial charge in [-0.1, -0.05) is 42.5 Å². The molecule has 0 bridgehead atoms. The zero-order valence-corrected chi connectivity index (χ0v) is 9.88. The van der Waals surface area contributed by atoms with Crippen molar-refractivity contribution < 1.29 is 9.59 Å². The summed E-state index contributed by atoms with van der Waals surface area (Å²) in [6.07, 6.45) is 0. The highest BCUT2D eigenvalue weighted by atomic mass is 16.2. The molecule has 0 unspecified atom stereocenters. The lowest BCUT2D eigenvalue weighted by Crippen LogP contribution is -2.24. The fourth-order valence-corrected chi connectivity index (χ4v) is 2.29. The number of carbonyl (C=O) groups excluding carboxylic acids is 2. The topological polar surface area (TPSA) is 37.4 Å². The van der Waals surface area contributed by atoms with Crippen LogP contribution < -0.4 is 4.90 Å². The third-order valence-corrected chi connectivity index (χ3v) is 3.21. The van der Waals surface area contributed by atoms with Gasteiger partial charge in [0, 0.05) is 7.05 Å². The Morgan fingerprint density at radius 2 is 1.61 bits per heavy atom. The highest BCUT2D eigenvalue weighted by Gasteiger charge is 2.35. The zero-order valence-electron chi connectivity index (χ0n) is 9.88. The van der Waals surface area contributed by atoms with E-state index in [1.54, 1.807) is 13.1 Å². The molecule has 2 aromatic rings. The van der Waals surface area contributed by atoms with Crippen molar-refractivity contribution in [2.75, 3.05) is 11.9 Å². The molecule has 3 rings (SSSR count). The molecular formula is C15H11NO2. The number of rotatable bonds is 1. The van der Waals surface area contributed by atoms with Gasteiger partial charge in [-0.2, -0.15) is 0 Å². The molecule has 0 fully saturated rings. The molecule has 88 valence electrons. The maximum Gasteiger partial charge on any atom is 0.299 e. The van der Waals surface area contributed by atoms with Gasteiger partial charge >= 0.3 is 0 Å². The molecule has 1 amide bonds. The Bertz CT molecular complexity index is 647. The van der Waals surface area contributed by atoms with Crippen molar-refractivity contribution in [3.05, 3.63) is 54.1 Å². The monoisotopic (exact) mass is 237 g/mol. The lowest BCUT2D eigenvalue weighted by atomic mass is 9.97. The van der Waals surface area contributed by atoms with Crippen molar-refractivity contribution >= 4 is 17.4 Å². The molecule has 0 spiro atoms. The van der Waals surface area contributed by atoms with Crippen LogP contribution in [0.4, 0.5) is 5.69 Å². The van der Waals surface area contributed by atoms with Crippen molar-refractivity contribution in [1.29, 1.82) is 0 Å². The predicted molar refractivity (Wildman–Crippen MR) is 69.6 cm³/mol. The Balaban J connectivity index is 2.27. The minimum atomic E-state index is -0.464. The molecule has 0 saturated carbocycles. The Kier molecular flexibility index (Phi) is 2.27. The van der Waals surface area contributed by atoms with E-state index in [2.05, 4.69) is 0 Å². The molecular weight excluding hydrogens is 226 g/mol. The first-order chi connectivity index (χ1) is 8.70. The van der Waals surface area contributed by atoms with Crippen LogP contribution in [0.1, 0.15) is 10.4 Å². The van der Waals surface area contributed by atoms with Gasteiger partial charge in [-0.3, -0.25) is 9.59 Å². The second kappa shape index (κ2) is 3.81. The summed E-state index contributed by atoms with van der Waals surface area (Å²) in [6, 6.07) is 15.2. The van der Waals surface area contributed by atoms with Gasteiger partial charge in [0.1, 0.15) is 0 Å². The van der Waals surface area contributed by atoms with Crippen LogP contribution >= 0.6 is 0 Å². The van der Waals surface area contributed by atoms with Gasteiger partial charge in [0.15, 0.2) is 0 Å². The summed E-state index contributed by atoms with van der Waals surface area (Å²) in [7, 11) is 1.63. The number of carbonyl (C=O) groups is 2. The number of hydrogen-bond donors (Lipinski definition) is 0. The van der Waals surface area contributed by atoms with Gasteiger partial charge in [0.05, 0.1) is 11.3 Å². The second-order valence-electron chi connectivity index (χ2n) is 4.26. The van der Waals surface area contributed by atoms with Crippen LogP contribution in [0.15, 0.2) is 48.5 Å². The summed E-state index contributed by atoms with van der Waals surface area (Å²) in [5, 5.41) is 0. The molecule has 0 N–H and O–H groups in total. The Morgan fingerprint density at radius 3 is 2.33 bits per heavy atom. The maximum absolute atomic E-state index is 12.0. The summed E-state index contributed by atoms with van der Waals surface area (Å²) >= 11 is 0. The normalized spacial score (nSPS) is 13.9. The molecule has 1 aliphatic heterocycles. The molecule has 1 heterocycles. The van der Waals surface area contributed by atoms with Crippen molar-refractivity contribution in [3.63, 3.8) is 0 Å². The van der Waals surface area contributed by atoms with E-state index in [9.17, 15) is 9.59 Å². The first kappa shape index (κ1) is 10.7. The van der Waals surface area contributed by atoms with E-state index in [0.717, 1.165) is 11.1 Å². The minimum absolute atomic E-state index is 0.424. The van der Waals surface area contributed by atoms with E-state index in [-0.39, 0.29) is 0 Å². The average Bonchev–Trinajstić information content (AvgIpc) is 2.65. The minimum Gasteiger partial charge on any atom is -0.308 e. The summed E-state index contributed by atoms with van der Waals surface area (Å²) in [6.45, 7) is 0. The van der Waals surface area contributed by atoms with Crippen LogP contribution in [-0.2, 0) is 4.79 Å². The van der Waals surface area contributed by atoms with Crippen LogP contribution in [0.25, 0.3) is 11.1 Å². The smallest absolute Gasteiger partial charge is 0.299 e. The Morgan fingerprint density at radius 1 is 0.889 bits per heavy atom. The standard InChI is InChI=1S/C15H11NO2/c1-16-12-9-5-8-11(10-6-3-2-4-7-10)13(12)14(17)15(16)18/h2-9H,1H3. The lowest BCUT2D eigenvalue weighted by molar-refractivity contribution is -0.114. The van der Waals surface area contributed by atoms with Crippen LogP contribution in [0, 0.1) is 0 Å². The quantitative estimate of drug-likeness (QED) is 0.715. The van der Waals surface area contributed by atoms with Gasteiger partial charge in [-0.05, 0) is 17.2 Å². The van der Waals surface area contributed by atoms with Gasteiger partial charge in [0.2, 0.25) is 0 Å². The van der Waals surface area contributed by atoms with Gasteiger partial charge < -0.3 is 4.90 Å². The summed E-state index contributed by atoms with van der Waals surface area (Å²) in [5.41, 5.74) is 2.96. The number of amides is 1.